The van der Waals surface area contributed by atoms with E-state index < -0.39 is 0 Å². The lowest BCUT2D eigenvalue weighted by Crippen LogP contribution is -2.10. The average molecular weight is 767 g/mol. The van der Waals surface area contributed by atoms with E-state index >= 15 is 0 Å². The van der Waals surface area contributed by atoms with Crippen molar-refractivity contribution in [2.45, 2.75) is 25.7 Å². The molecule has 2 aliphatic rings. The third-order valence-electron chi connectivity index (χ3n) is 12.9. The molecule has 0 amide bonds. The second kappa shape index (κ2) is 14.1. The Morgan fingerprint density at radius 1 is 0.400 bits per heavy atom. The Bertz CT molecular complexity index is 3290. The summed E-state index contributed by atoms with van der Waals surface area (Å²) in [5.74, 6) is 0. The maximum Gasteiger partial charge on any atom is 0.0541 e. The number of benzene rings is 9. The summed E-state index contributed by atoms with van der Waals surface area (Å²) >= 11 is 0. The van der Waals surface area contributed by atoms with Crippen LogP contribution in [0.15, 0.2) is 194 Å². The number of rotatable bonds is 6. The van der Waals surface area contributed by atoms with Crippen LogP contribution in [0.3, 0.4) is 0 Å². The molecule has 0 N–H and O–H groups in total. The molecule has 0 aliphatic heterocycles. The molecule has 1 aromatic heterocycles. The first-order valence-electron chi connectivity index (χ1n) is 21.3. The smallest absolute Gasteiger partial charge is 0.0541 e. The summed E-state index contributed by atoms with van der Waals surface area (Å²) in [5.41, 5.74) is 17.8. The topological polar surface area (TPSA) is 8.17 Å². The molecule has 0 saturated carbocycles. The first-order chi connectivity index (χ1) is 29.8. The van der Waals surface area contributed by atoms with Gasteiger partial charge in [0.25, 0.3) is 0 Å². The molecule has 1 heterocycles. The number of hydrogen-bond donors (Lipinski definition) is 0. The minimum absolute atomic E-state index is 1.11. The number of aromatic nitrogens is 1. The van der Waals surface area contributed by atoms with E-state index in [1.807, 2.05) is 0 Å². The molecule has 2 nitrogen and oxygen atoms in total. The zero-order valence-electron chi connectivity index (χ0n) is 33.4. The normalized spacial score (nSPS) is 13.3. The van der Waals surface area contributed by atoms with Crippen LogP contribution >= 0.6 is 0 Å². The maximum absolute atomic E-state index is 2.43. The molecule has 9 aromatic carbocycles. The Morgan fingerprint density at radius 3 is 1.58 bits per heavy atom. The molecule has 2 aliphatic carbocycles. The van der Waals surface area contributed by atoms with Gasteiger partial charge in [-0.05, 0) is 165 Å². The van der Waals surface area contributed by atoms with E-state index in [2.05, 4.69) is 216 Å². The summed E-state index contributed by atoms with van der Waals surface area (Å²) in [5, 5.41) is 7.64. The summed E-state index contributed by atoms with van der Waals surface area (Å²) in [6, 6.07) is 67.2. The lowest BCUT2D eigenvalue weighted by atomic mass is 9.81. The lowest BCUT2D eigenvalue weighted by molar-refractivity contribution is 0.906. The second-order valence-corrected chi connectivity index (χ2v) is 16.3. The van der Waals surface area contributed by atoms with Gasteiger partial charge in [-0.15, -0.1) is 0 Å². The molecule has 0 radical (unpaired) electrons. The van der Waals surface area contributed by atoms with Crippen LogP contribution in [0, 0.1) is 0 Å². The highest BCUT2D eigenvalue weighted by Gasteiger charge is 2.21. The Morgan fingerprint density at radius 2 is 0.917 bits per heavy atom. The molecule has 60 heavy (non-hydrogen) atoms. The van der Waals surface area contributed by atoms with Gasteiger partial charge in [0.15, 0.2) is 0 Å². The summed E-state index contributed by atoms with van der Waals surface area (Å²) in [6.07, 6.45) is 13.9. The monoisotopic (exact) mass is 766 g/mol. The fourth-order valence-electron chi connectivity index (χ4n) is 10.1. The van der Waals surface area contributed by atoms with Crippen LogP contribution in [0.25, 0.3) is 83.4 Å². The van der Waals surface area contributed by atoms with Crippen molar-refractivity contribution >= 4 is 72.6 Å². The predicted molar refractivity (Wildman–Crippen MR) is 256 cm³/mol. The Balaban J connectivity index is 0.977. The standard InChI is InChI=1S/C58H42N2/c1-3-15-47-41(13-1)37-55(51-19-7-5-17-49(47)51)39-25-29-43(30-26-39)59(45-33-35-46(36-34-45)60-57-23-11-9-21-53(57)54-22-10-12-24-58(54)60)44-31-27-40(28-32-44)56-38-42-14-2-4-16-48(42)50-18-6-8-20-52(50)56/h1-3,5,7-15,17,19-38H,4,6,16,18H2. The van der Waals surface area contributed by atoms with Crippen molar-refractivity contribution in [3.05, 3.63) is 216 Å². The molecule has 0 bridgehead atoms. The minimum atomic E-state index is 1.11. The molecule has 0 spiro atoms. The van der Waals surface area contributed by atoms with Gasteiger partial charge in [-0.3, -0.25) is 0 Å². The molecule has 2 heteroatoms. The number of fused-ring (bicyclic) bond motifs is 9. The highest BCUT2D eigenvalue weighted by Crippen LogP contribution is 2.42. The molecular weight excluding hydrogens is 725 g/mol. The number of allylic oxidation sites excluding steroid dienone is 2. The third kappa shape index (κ3) is 5.63. The van der Waals surface area contributed by atoms with Gasteiger partial charge in [0.2, 0.25) is 0 Å². The zero-order valence-corrected chi connectivity index (χ0v) is 33.4. The number of anilines is 3. The van der Waals surface area contributed by atoms with Gasteiger partial charge in [-0.2, -0.15) is 0 Å². The van der Waals surface area contributed by atoms with Crippen LogP contribution in [0.1, 0.15) is 35.1 Å². The van der Waals surface area contributed by atoms with Gasteiger partial charge in [0, 0.05) is 33.5 Å². The highest BCUT2D eigenvalue weighted by atomic mass is 15.1. The van der Waals surface area contributed by atoms with Gasteiger partial charge < -0.3 is 9.47 Å². The van der Waals surface area contributed by atoms with E-state index in [0.29, 0.717) is 0 Å². The van der Waals surface area contributed by atoms with Crippen LogP contribution in [0.4, 0.5) is 17.1 Å². The van der Waals surface area contributed by atoms with Gasteiger partial charge >= 0.3 is 0 Å². The van der Waals surface area contributed by atoms with Crippen LogP contribution in [-0.2, 0) is 12.8 Å². The fourth-order valence-corrected chi connectivity index (χ4v) is 10.1. The molecule has 0 fully saturated rings. The van der Waals surface area contributed by atoms with Crippen LogP contribution in [0.5, 0.6) is 0 Å². The first-order valence-corrected chi connectivity index (χ1v) is 21.3. The van der Waals surface area contributed by atoms with Crippen molar-refractivity contribution in [1.29, 1.82) is 0 Å². The summed E-state index contributed by atoms with van der Waals surface area (Å²) in [4.78, 5) is 2.40. The average Bonchev–Trinajstić information content (AvgIpc) is 3.66. The highest BCUT2D eigenvalue weighted by molar-refractivity contribution is 6.14. The van der Waals surface area contributed by atoms with Crippen molar-refractivity contribution < 1.29 is 0 Å². The quantitative estimate of drug-likeness (QED) is 0.153. The summed E-state index contributed by atoms with van der Waals surface area (Å²) in [6.45, 7) is 0. The van der Waals surface area contributed by atoms with Gasteiger partial charge in [-0.1, -0.05) is 133 Å². The van der Waals surface area contributed by atoms with E-state index in [4.69, 9.17) is 0 Å². The van der Waals surface area contributed by atoms with Gasteiger partial charge in [0.1, 0.15) is 0 Å². The van der Waals surface area contributed by atoms with Crippen molar-refractivity contribution in [3.8, 4) is 27.9 Å². The molecular formula is C58H42N2. The van der Waals surface area contributed by atoms with Crippen molar-refractivity contribution in [2.75, 3.05) is 4.90 Å². The fraction of sp³-hybridized carbons (Fsp3) is 0.0690. The van der Waals surface area contributed by atoms with Gasteiger partial charge in [-0.25, -0.2) is 0 Å². The Hall–Kier alpha value is -7.42. The molecule has 0 saturated heterocycles. The van der Waals surface area contributed by atoms with Gasteiger partial charge in [0.05, 0.1) is 11.0 Å². The van der Waals surface area contributed by atoms with Crippen molar-refractivity contribution in [3.63, 3.8) is 0 Å². The summed E-state index contributed by atoms with van der Waals surface area (Å²) in [7, 11) is 0. The largest absolute Gasteiger partial charge is 0.311 e. The summed E-state index contributed by atoms with van der Waals surface area (Å²) < 4.78 is 2.39. The van der Waals surface area contributed by atoms with E-state index in [1.165, 1.54) is 76.7 Å². The van der Waals surface area contributed by atoms with E-state index in [9.17, 15) is 0 Å². The van der Waals surface area contributed by atoms with Crippen LogP contribution < -0.4 is 4.90 Å². The number of para-hydroxylation sites is 2. The lowest BCUT2D eigenvalue weighted by Gasteiger charge is -2.27. The molecule has 0 atom stereocenters. The van der Waals surface area contributed by atoms with Crippen LogP contribution in [0.2, 0.25) is 0 Å². The molecule has 10 aromatic rings. The first kappa shape index (κ1) is 34.6. The molecule has 284 valence electrons. The molecule has 12 rings (SSSR count). The Labute approximate surface area is 350 Å². The predicted octanol–water partition coefficient (Wildman–Crippen LogP) is 15.8. The zero-order chi connectivity index (χ0) is 39.6. The minimum Gasteiger partial charge on any atom is -0.311 e. The second-order valence-electron chi connectivity index (χ2n) is 16.3. The van der Waals surface area contributed by atoms with E-state index in [1.54, 1.807) is 11.1 Å². The number of nitrogens with zero attached hydrogens (tertiary/aromatic N) is 2. The van der Waals surface area contributed by atoms with Crippen molar-refractivity contribution in [2.24, 2.45) is 0 Å². The van der Waals surface area contributed by atoms with E-state index in [0.717, 1.165) is 48.4 Å². The van der Waals surface area contributed by atoms with Crippen LogP contribution in [-0.4, -0.2) is 4.57 Å². The van der Waals surface area contributed by atoms with Crippen molar-refractivity contribution in [1.82, 2.24) is 4.57 Å². The third-order valence-corrected chi connectivity index (χ3v) is 12.9. The Kier molecular flexibility index (Phi) is 8.16. The number of hydrogen-bond acceptors (Lipinski definition) is 1. The maximum atomic E-state index is 2.43. The molecule has 0 unspecified atom stereocenters. The SMILES string of the molecule is C1=Cc2cc(-c3ccc(N(c4ccc(-c5cc6ccccc6c6ccccc56)cc4)c4ccc(-n5c6ccccc6c6ccccc65)cc4)cc3)c3c(c2CC1)CCC=C3. The van der Waals surface area contributed by atoms with E-state index in [-0.39, 0.29) is 0 Å².